The molecule has 3 N–H and O–H groups in total. The average Bonchev–Trinajstić information content (AvgIpc) is 2.12. The Balaban J connectivity index is 3.02. The van der Waals surface area contributed by atoms with Crippen LogP contribution in [0.25, 0.3) is 0 Å². The molecule has 0 fully saturated rings. The van der Waals surface area contributed by atoms with Gasteiger partial charge in [0.25, 0.3) is 0 Å². The molecule has 0 atom stereocenters. The molecule has 15 heavy (non-hydrogen) atoms. The van der Waals surface area contributed by atoms with E-state index in [9.17, 15) is 9.90 Å². The van der Waals surface area contributed by atoms with Crippen molar-refractivity contribution < 1.29 is 9.90 Å². The van der Waals surface area contributed by atoms with Crippen LogP contribution in [0.5, 0.6) is 5.75 Å². The van der Waals surface area contributed by atoms with E-state index >= 15 is 0 Å². The van der Waals surface area contributed by atoms with Crippen molar-refractivity contribution in [2.75, 3.05) is 0 Å². The Morgan fingerprint density at radius 2 is 2.27 bits per heavy atom. The lowest BCUT2D eigenvalue weighted by Crippen LogP contribution is -2.08. The van der Waals surface area contributed by atoms with Crippen LogP contribution in [0.1, 0.15) is 17.5 Å². The minimum Gasteiger partial charge on any atom is -0.506 e. The molecule has 0 bridgehead atoms. The summed E-state index contributed by atoms with van der Waals surface area (Å²) in [6, 6.07) is 3.17. The summed E-state index contributed by atoms with van der Waals surface area (Å²) in [7, 11) is 0. The summed E-state index contributed by atoms with van der Waals surface area (Å²) in [5.41, 5.74) is 5.97. The average molecular weight is 224 g/mol. The van der Waals surface area contributed by atoms with Crippen LogP contribution < -0.4 is 5.73 Å². The lowest BCUT2D eigenvalue weighted by atomic mass is 10.1. The van der Waals surface area contributed by atoms with Gasteiger partial charge >= 0.3 is 0 Å². The van der Waals surface area contributed by atoms with Crippen LogP contribution in [-0.4, -0.2) is 11.0 Å². The van der Waals surface area contributed by atoms with Gasteiger partial charge in [-0.15, -0.1) is 0 Å². The zero-order chi connectivity index (χ0) is 11.4. The molecule has 0 aromatic heterocycles. The van der Waals surface area contributed by atoms with Crippen LogP contribution in [0.2, 0.25) is 5.02 Å². The smallest absolute Gasteiger partial charge is 0.229 e. The van der Waals surface area contributed by atoms with Gasteiger partial charge in [0, 0.05) is 5.02 Å². The van der Waals surface area contributed by atoms with Gasteiger partial charge in [-0.2, -0.15) is 0 Å². The zero-order valence-corrected chi connectivity index (χ0v) is 8.93. The Bertz CT molecular complexity index is 458. The van der Waals surface area contributed by atoms with E-state index in [1.54, 1.807) is 13.0 Å². The van der Waals surface area contributed by atoms with Crippen molar-refractivity contribution in [1.29, 1.82) is 0 Å². The topological polar surface area (TPSA) is 63.3 Å². The Hall–Kier alpha value is -1.66. The second-order valence-electron chi connectivity index (χ2n) is 3.06. The summed E-state index contributed by atoms with van der Waals surface area (Å²) in [6.45, 7) is 1.72. The number of nitrogens with two attached hydrogens (primary N) is 1. The molecule has 1 rings (SSSR count). The van der Waals surface area contributed by atoms with E-state index in [0.717, 1.165) is 0 Å². The first-order valence-electron chi connectivity index (χ1n) is 4.27. The van der Waals surface area contributed by atoms with E-state index in [-0.39, 0.29) is 12.2 Å². The number of halogens is 1. The van der Waals surface area contributed by atoms with Crippen molar-refractivity contribution in [2.45, 2.75) is 13.3 Å². The Morgan fingerprint density at radius 3 is 2.87 bits per heavy atom. The lowest BCUT2D eigenvalue weighted by Gasteiger charge is -2.01. The number of phenolic OH excluding ortho intramolecular Hbond substituents is 1. The second kappa shape index (κ2) is 4.72. The molecular weight excluding hydrogens is 214 g/mol. The number of phenols is 1. The van der Waals surface area contributed by atoms with E-state index in [1.165, 1.54) is 6.07 Å². The fraction of sp³-hybridized carbons (Fsp3) is 0.182. The van der Waals surface area contributed by atoms with Crippen LogP contribution in [0.3, 0.4) is 0 Å². The van der Waals surface area contributed by atoms with Crippen LogP contribution in [0.4, 0.5) is 0 Å². The van der Waals surface area contributed by atoms with Gasteiger partial charge in [0.15, 0.2) is 0 Å². The highest BCUT2D eigenvalue weighted by molar-refractivity contribution is 6.30. The maximum absolute atomic E-state index is 10.4. The number of carbonyl (C=O) groups excluding carboxylic acids is 1. The maximum Gasteiger partial charge on any atom is 0.229 e. The van der Waals surface area contributed by atoms with E-state index in [2.05, 4.69) is 11.8 Å². The summed E-state index contributed by atoms with van der Waals surface area (Å²) in [5.74, 6) is 4.77. The van der Waals surface area contributed by atoms with Crippen LogP contribution in [0, 0.1) is 18.8 Å². The molecule has 78 valence electrons. The van der Waals surface area contributed by atoms with Crippen molar-refractivity contribution in [3.8, 4) is 17.6 Å². The van der Waals surface area contributed by atoms with Gasteiger partial charge in [-0.25, -0.2) is 0 Å². The van der Waals surface area contributed by atoms with Crippen LogP contribution in [-0.2, 0) is 4.79 Å². The predicted octanol–water partition coefficient (Wildman–Crippen LogP) is 1.58. The summed E-state index contributed by atoms with van der Waals surface area (Å²) in [6.07, 6.45) is -0.0367. The molecule has 3 nitrogen and oxygen atoms in total. The largest absolute Gasteiger partial charge is 0.506 e. The number of rotatable bonds is 1. The molecule has 0 heterocycles. The summed E-state index contributed by atoms with van der Waals surface area (Å²) < 4.78 is 0. The van der Waals surface area contributed by atoms with Crippen molar-refractivity contribution in [2.24, 2.45) is 5.73 Å². The molecule has 0 aliphatic heterocycles. The highest BCUT2D eigenvalue weighted by Gasteiger charge is 2.03. The summed E-state index contributed by atoms with van der Waals surface area (Å²) in [5, 5.41) is 10.1. The van der Waals surface area contributed by atoms with Gasteiger partial charge in [-0.05, 0) is 24.6 Å². The van der Waals surface area contributed by atoms with E-state index in [0.29, 0.717) is 16.1 Å². The summed E-state index contributed by atoms with van der Waals surface area (Å²) in [4.78, 5) is 10.4. The number of amides is 1. The molecule has 1 aromatic carbocycles. The number of hydrogen-bond acceptors (Lipinski definition) is 2. The Kier molecular flexibility index (Phi) is 3.59. The van der Waals surface area contributed by atoms with Crippen molar-refractivity contribution in [3.63, 3.8) is 0 Å². The third-order valence-corrected chi connectivity index (χ3v) is 1.97. The summed E-state index contributed by atoms with van der Waals surface area (Å²) >= 11 is 5.79. The SMILES string of the molecule is Cc1cc(Cl)cc(C#CCC(N)=O)c1O. The molecule has 0 aliphatic carbocycles. The molecule has 1 amide bonds. The van der Waals surface area contributed by atoms with Crippen LogP contribution in [0.15, 0.2) is 12.1 Å². The second-order valence-corrected chi connectivity index (χ2v) is 3.50. The zero-order valence-electron chi connectivity index (χ0n) is 8.17. The fourth-order valence-electron chi connectivity index (χ4n) is 1.06. The molecule has 0 spiro atoms. The normalized spacial score (nSPS) is 9.20. The van der Waals surface area contributed by atoms with Crippen molar-refractivity contribution in [3.05, 3.63) is 28.3 Å². The first-order chi connectivity index (χ1) is 7.00. The van der Waals surface area contributed by atoms with Crippen molar-refractivity contribution >= 4 is 17.5 Å². The molecule has 4 heteroatoms. The van der Waals surface area contributed by atoms with Gasteiger partial charge in [0.1, 0.15) is 5.75 Å². The van der Waals surface area contributed by atoms with E-state index < -0.39 is 5.91 Å². The molecule has 0 saturated carbocycles. The standard InChI is InChI=1S/C11H10ClNO2/c1-7-5-9(12)6-8(11(7)15)3-2-4-10(13)14/h5-6,15H,4H2,1H3,(H2,13,14). The third kappa shape index (κ3) is 3.19. The number of primary amides is 1. The minimum absolute atomic E-state index is 0.0367. The predicted molar refractivity (Wildman–Crippen MR) is 58.5 cm³/mol. The lowest BCUT2D eigenvalue weighted by molar-refractivity contribution is -0.117. The number of aryl methyl sites for hydroxylation is 1. The van der Waals surface area contributed by atoms with Gasteiger partial charge in [-0.1, -0.05) is 23.4 Å². The first-order valence-corrected chi connectivity index (χ1v) is 4.65. The third-order valence-electron chi connectivity index (χ3n) is 1.75. The van der Waals surface area contributed by atoms with Crippen molar-refractivity contribution in [1.82, 2.24) is 0 Å². The van der Waals surface area contributed by atoms with Crippen LogP contribution >= 0.6 is 11.6 Å². The molecule has 0 unspecified atom stereocenters. The first kappa shape index (κ1) is 11.4. The van der Waals surface area contributed by atoms with Gasteiger partial charge < -0.3 is 10.8 Å². The monoisotopic (exact) mass is 223 g/mol. The van der Waals surface area contributed by atoms with Gasteiger partial charge in [0.05, 0.1) is 12.0 Å². The maximum atomic E-state index is 10.4. The highest BCUT2D eigenvalue weighted by Crippen LogP contribution is 2.25. The molecule has 0 saturated heterocycles. The quantitative estimate of drug-likeness (QED) is 0.710. The van der Waals surface area contributed by atoms with E-state index in [4.69, 9.17) is 17.3 Å². The molecule has 0 aliphatic rings. The fourth-order valence-corrected chi connectivity index (χ4v) is 1.33. The molecule has 0 radical (unpaired) electrons. The minimum atomic E-state index is -0.499. The number of aromatic hydroxyl groups is 1. The molecule has 1 aromatic rings. The highest BCUT2D eigenvalue weighted by atomic mass is 35.5. The Labute approximate surface area is 92.9 Å². The number of benzene rings is 1. The van der Waals surface area contributed by atoms with E-state index in [1.807, 2.05) is 0 Å². The Morgan fingerprint density at radius 1 is 1.60 bits per heavy atom. The van der Waals surface area contributed by atoms with Gasteiger partial charge in [-0.3, -0.25) is 4.79 Å². The number of hydrogen-bond donors (Lipinski definition) is 2. The molecular formula is C11H10ClNO2. The van der Waals surface area contributed by atoms with Gasteiger partial charge in [0.2, 0.25) is 5.91 Å². The number of carbonyl (C=O) groups is 1.